The molecule has 0 atom stereocenters. The van der Waals surface area contributed by atoms with Crippen molar-refractivity contribution in [2.45, 2.75) is 26.4 Å². The molecular formula is C23H22N6O4S. The van der Waals surface area contributed by atoms with Gasteiger partial charge in [-0.2, -0.15) is 5.10 Å². The summed E-state index contributed by atoms with van der Waals surface area (Å²) in [4.78, 5) is 36.7. The number of para-hydroxylation sites is 1. The Morgan fingerprint density at radius 2 is 1.82 bits per heavy atom. The summed E-state index contributed by atoms with van der Waals surface area (Å²) in [7, 11) is 0. The predicted octanol–water partition coefficient (Wildman–Crippen LogP) is 3.09. The number of benzene rings is 2. The lowest BCUT2D eigenvalue weighted by Crippen LogP contribution is -2.27. The van der Waals surface area contributed by atoms with Gasteiger partial charge in [-0.25, -0.2) is 0 Å². The Balaban J connectivity index is 1.20. The van der Waals surface area contributed by atoms with Crippen molar-refractivity contribution in [3.05, 3.63) is 69.8 Å². The number of hydrogen-bond donors (Lipinski definition) is 3. The highest BCUT2D eigenvalue weighted by molar-refractivity contribution is 7.13. The monoisotopic (exact) mass is 478 g/mol. The minimum atomic E-state index is -0.510. The second kappa shape index (κ2) is 10.7. The molecule has 0 aliphatic heterocycles. The highest BCUT2D eigenvalue weighted by Crippen LogP contribution is 2.16. The van der Waals surface area contributed by atoms with Gasteiger partial charge in [-0.3, -0.25) is 19.5 Å². The number of H-pyrrole nitrogens is 1. The molecule has 0 spiro atoms. The van der Waals surface area contributed by atoms with Crippen molar-refractivity contribution in [2.75, 3.05) is 11.9 Å². The summed E-state index contributed by atoms with van der Waals surface area (Å²) in [6, 6.07) is 14.8. The highest BCUT2D eigenvalue weighted by atomic mass is 32.1. The summed E-state index contributed by atoms with van der Waals surface area (Å²) in [5, 5.41) is 21.3. The van der Waals surface area contributed by atoms with Crippen LogP contribution in [-0.2, 0) is 22.6 Å². The Kier molecular flexibility index (Phi) is 7.23. The van der Waals surface area contributed by atoms with Crippen LogP contribution < -0.4 is 10.6 Å². The van der Waals surface area contributed by atoms with Gasteiger partial charge in [-0.1, -0.05) is 48.6 Å². The Morgan fingerprint density at radius 1 is 1.03 bits per heavy atom. The number of hydrogen-bond acceptors (Lipinski definition) is 8. The van der Waals surface area contributed by atoms with Crippen molar-refractivity contribution in [2.24, 2.45) is 0 Å². The van der Waals surface area contributed by atoms with Crippen LogP contribution in [0.3, 0.4) is 0 Å². The van der Waals surface area contributed by atoms with Crippen LogP contribution in [-0.4, -0.2) is 44.7 Å². The summed E-state index contributed by atoms with van der Waals surface area (Å²) in [6.07, 6.45) is 0.897. The van der Waals surface area contributed by atoms with E-state index < -0.39 is 5.97 Å². The van der Waals surface area contributed by atoms with Crippen molar-refractivity contribution in [3.8, 4) is 0 Å². The predicted molar refractivity (Wildman–Crippen MR) is 127 cm³/mol. The topological polar surface area (TPSA) is 139 Å². The maximum atomic E-state index is 12.3. The first kappa shape index (κ1) is 23.1. The number of carbonyl (C=O) groups excluding carboxylic acids is 3. The SMILES string of the molecule is CCc1ccc(NC(=O)c2nnc(COC(=O)CCNC(=O)c3n[nH]c4ccccc34)s2)cc1. The number of rotatable bonds is 9. The van der Waals surface area contributed by atoms with Gasteiger partial charge in [0.05, 0.1) is 11.9 Å². The number of anilines is 1. The van der Waals surface area contributed by atoms with Gasteiger partial charge < -0.3 is 15.4 Å². The Hall–Kier alpha value is -4.12. The third-order valence-corrected chi connectivity index (χ3v) is 5.83. The molecule has 2 aromatic heterocycles. The summed E-state index contributed by atoms with van der Waals surface area (Å²) >= 11 is 1.05. The second-order valence-electron chi connectivity index (χ2n) is 7.29. The lowest BCUT2D eigenvalue weighted by atomic mass is 10.1. The number of carbonyl (C=O) groups is 3. The average molecular weight is 479 g/mol. The van der Waals surface area contributed by atoms with Crippen LogP contribution >= 0.6 is 11.3 Å². The zero-order chi connectivity index (χ0) is 23.9. The van der Waals surface area contributed by atoms with E-state index in [2.05, 4.69) is 38.0 Å². The van der Waals surface area contributed by atoms with Crippen LogP contribution in [0.25, 0.3) is 10.9 Å². The Labute approximate surface area is 198 Å². The van der Waals surface area contributed by atoms with Crippen LogP contribution in [0.15, 0.2) is 48.5 Å². The van der Waals surface area contributed by atoms with E-state index in [1.165, 1.54) is 5.56 Å². The zero-order valence-electron chi connectivity index (χ0n) is 18.3. The molecular weight excluding hydrogens is 456 g/mol. The van der Waals surface area contributed by atoms with E-state index in [-0.39, 0.29) is 42.1 Å². The highest BCUT2D eigenvalue weighted by Gasteiger charge is 2.16. The van der Waals surface area contributed by atoms with Crippen LogP contribution in [0, 0.1) is 0 Å². The zero-order valence-corrected chi connectivity index (χ0v) is 19.1. The van der Waals surface area contributed by atoms with Gasteiger partial charge in [0.2, 0.25) is 5.01 Å². The fourth-order valence-electron chi connectivity index (χ4n) is 3.12. The minimum Gasteiger partial charge on any atom is -0.458 e. The average Bonchev–Trinajstić information content (AvgIpc) is 3.51. The molecule has 0 radical (unpaired) electrons. The molecule has 2 heterocycles. The largest absolute Gasteiger partial charge is 0.458 e. The van der Waals surface area contributed by atoms with E-state index in [9.17, 15) is 14.4 Å². The first-order valence-corrected chi connectivity index (χ1v) is 11.4. The molecule has 11 heteroatoms. The molecule has 0 saturated heterocycles. The third kappa shape index (κ3) is 5.62. The maximum absolute atomic E-state index is 12.3. The van der Waals surface area contributed by atoms with E-state index in [1.54, 1.807) is 6.07 Å². The molecule has 10 nitrogen and oxygen atoms in total. The number of esters is 1. The quantitative estimate of drug-likeness (QED) is 0.314. The molecule has 2 aromatic carbocycles. The summed E-state index contributed by atoms with van der Waals surface area (Å²) < 4.78 is 5.17. The molecule has 4 aromatic rings. The molecule has 0 aliphatic carbocycles. The number of amides is 2. The van der Waals surface area contributed by atoms with E-state index in [4.69, 9.17) is 4.74 Å². The molecule has 0 aliphatic rings. The van der Waals surface area contributed by atoms with Crippen LogP contribution in [0.5, 0.6) is 0 Å². The molecule has 4 rings (SSSR count). The molecule has 0 bridgehead atoms. The molecule has 3 N–H and O–H groups in total. The standard InChI is InChI=1S/C23H22N6O4S/c1-2-14-7-9-15(10-8-14)25-22(32)23-29-27-18(34-23)13-33-19(30)11-12-24-21(31)20-16-5-3-4-6-17(16)26-28-20/h3-10H,2,11-13H2,1H3,(H,24,31)(H,25,32)(H,26,28). The molecule has 174 valence electrons. The van der Waals surface area contributed by atoms with Gasteiger partial charge in [-0.15, -0.1) is 10.2 Å². The first-order chi connectivity index (χ1) is 16.5. The fraction of sp³-hybridized carbons (Fsp3) is 0.217. The van der Waals surface area contributed by atoms with E-state index >= 15 is 0 Å². The smallest absolute Gasteiger partial charge is 0.307 e. The molecule has 0 unspecified atom stereocenters. The number of aromatic amines is 1. The van der Waals surface area contributed by atoms with Crippen LogP contribution in [0.1, 0.15) is 44.2 Å². The molecule has 2 amide bonds. The van der Waals surface area contributed by atoms with Crippen molar-refractivity contribution in [1.82, 2.24) is 25.7 Å². The van der Waals surface area contributed by atoms with Gasteiger partial charge in [-0.05, 0) is 30.2 Å². The number of aryl methyl sites for hydroxylation is 1. The Bertz CT molecular complexity index is 1310. The number of ether oxygens (including phenoxy) is 1. The first-order valence-electron chi connectivity index (χ1n) is 10.6. The number of fused-ring (bicyclic) bond motifs is 1. The summed E-state index contributed by atoms with van der Waals surface area (Å²) in [5.74, 6) is -1.27. The third-order valence-electron chi connectivity index (χ3n) is 4.94. The van der Waals surface area contributed by atoms with Crippen molar-refractivity contribution in [1.29, 1.82) is 0 Å². The lowest BCUT2D eigenvalue weighted by Gasteiger charge is -2.04. The van der Waals surface area contributed by atoms with Crippen molar-refractivity contribution in [3.63, 3.8) is 0 Å². The van der Waals surface area contributed by atoms with E-state index in [1.807, 2.05) is 42.5 Å². The summed E-state index contributed by atoms with van der Waals surface area (Å²) in [6.45, 7) is 2.05. The minimum absolute atomic E-state index is 0.0198. The number of nitrogens with one attached hydrogen (secondary N) is 3. The fourth-order valence-corrected chi connectivity index (χ4v) is 3.77. The van der Waals surface area contributed by atoms with Gasteiger partial charge >= 0.3 is 5.97 Å². The number of aromatic nitrogens is 4. The second-order valence-corrected chi connectivity index (χ2v) is 8.35. The summed E-state index contributed by atoms with van der Waals surface area (Å²) in [5.41, 5.74) is 2.86. The normalized spacial score (nSPS) is 10.7. The molecule has 34 heavy (non-hydrogen) atoms. The number of nitrogens with zero attached hydrogens (tertiary/aromatic N) is 3. The van der Waals surface area contributed by atoms with Gasteiger partial charge in [0, 0.05) is 17.6 Å². The van der Waals surface area contributed by atoms with Gasteiger partial charge in [0.15, 0.2) is 10.7 Å². The Morgan fingerprint density at radius 3 is 2.62 bits per heavy atom. The molecule has 0 fully saturated rings. The maximum Gasteiger partial charge on any atom is 0.307 e. The van der Waals surface area contributed by atoms with Crippen LogP contribution in [0.4, 0.5) is 5.69 Å². The van der Waals surface area contributed by atoms with Gasteiger partial charge in [0.1, 0.15) is 6.61 Å². The van der Waals surface area contributed by atoms with Crippen molar-refractivity contribution < 1.29 is 19.1 Å². The van der Waals surface area contributed by atoms with Gasteiger partial charge in [0.25, 0.3) is 11.8 Å². The lowest BCUT2D eigenvalue weighted by molar-refractivity contribution is -0.144. The van der Waals surface area contributed by atoms with Crippen LogP contribution in [0.2, 0.25) is 0 Å². The van der Waals surface area contributed by atoms with Crippen molar-refractivity contribution >= 4 is 45.7 Å². The molecule has 0 saturated carbocycles. The van der Waals surface area contributed by atoms with E-state index in [0.717, 1.165) is 23.3 Å². The van der Waals surface area contributed by atoms with E-state index in [0.29, 0.717) is 16.1 Å².